The van der Waals surface area contributed by atoms with Crippen LogP contribution < -0.4 is 0 Å². The van der Waals surface area contributed by atoms with Crippen molar-refractivity contribution in [2.24, 2.45) is 5.92 Å². The summed E-state index contributed by atoms with van der Waals surface area (Å²) in [6.07, 6.45) is 7.71. The monoisotopic (exact) mass is 411 g/mol. The van der Waals surface area contributed by atoms with Crippen molar-refractivity contribution < 1.29 is 13.3 Å². The van der Waals surface area contributed by atoms with E-state index < -0.39 is 8.80 Å². The zero-order valence-electron chi connectivity index (χ0n) is 14.5. The van der Waals surface area contributed by atoms with Crippen molar-refractivity contribution in [1.29, 1.82) is 0 Å². The van der Waals surface area contributed by atoms with Crippen molar-refractivity contribution in [1.82, 2.24) is 0 Å². The molecule has 0 saturated heterocycles. The summed E-state index contributed by atoms with van der Waals surface area (Å²) in [5.41, 5.74) is 0. The van der Waals surface area contributed by atoms with E-state index in [1.54, 1.807) is 43.9 Å². The molecule has 0 fully saturated rings. The summed E-state index contributed by atoms with van der Waals surface area (Å²) < 4.78 is 17.5. The first kappa shape index (κ1) is 23.2. The SMILES string of the molecule is CC(C)[CH2][Sn].CCCCCCCC[Si](OC)(OC)OC. The zero-order valence-corrected chi connectivity index (χ0v) is 18.3. The molecule has 0 amide bonds. The third-order valence-corrected chi connectivity index (χ3v) is 8.34. The standard InChI is InChI=1S/C11H26O3Si.C4H9.Sn/c1-5-6-7-8-9-10-11-15(12-2,13-3)14-4;1-4(2)3;/h5-11H2,1-4H3;4H,1H2,2-3H3;. The molecule has 0 rings (SSSR count). The Morgan fingerprint density at radius 1 is 0.850 bits per heavy atom. The van der Waals surface area contributed by atoms with Gasteiger partial charge in [0.1, 0.15) is 0 Å². The van der Waals surface area contributed by atoms with Crippen LogP contribution in [0, 0.1) is 5.92 Å². The third kappa shape index (κ3) is 13.9. The molecule has 0 aromatic carbocycles. The maximum Gasteiger partial charge on any atom is 0.500 e. The van der Waals surface area contributed by atoms with Gasteiger partial charge in [-0.15, -0.1) is 0 Å². The molecule has 0 aliphatic rings. The molecule has 5 heteroatoms. The van der Waals surface area contributed by atoms with E-state index in [4.69, 9.17) is 13.3 Å². The summed E-state index contributed by atoms with van der Waals surface area (Å²) in [4.78, 5) is 0. The van der Waals surface area contributed by atoms with Crippen LogP contribution in [0.1, 0.15) is 59.3 Å². The van der Waals surface area contributed by atoms with E-state index in [2.05, 4.69) is 20.8 Å². The summed E-state index contributed by atoms with van der Waals surface area (Å²) >= 11 is 1.66. The quantitative estimate of drug-likeness (QED) is 0.372. The van der Waals surface area contributed by atoms with Crippen molar-refractivity contribution in [3.8, 4) is 0 Å². The van der Waals surface area contributed by atoms with Gasteiger partial charge in [0.25, 0.3) is 0 Å². The fraction of sp³-hybridized carbons (Fsp3) is 1.00. The summed E-state index contributed by atoms with van der Waals surface area (Å²) in [7, 11) is 2.74. The van der Waals surface area contributed by atoms with Crippen molar-refractivity contribution in [2.75, 3.05) is 21.3 Å². The maximum absolute atomic E-state index is 5.36. The smallest absolute Gasteiger partial charge is 0.377 e. The van der Waals surface area contributed by atoms with Crippen LogP contribution in [-0.4, -0.2) is 52.7 Å². The first-order chi connectivity index (χ1) is 9.51. The Bertz CT molecular complexity index is 180. The Kier molecular flexibility index (Phi) is 18.8. The second-order valence-electron chi connectivity index (χ2n) is 5.41. The van der Waals surface area contributed by atoms with Gasteiger partial charge in [0, 0.05) is 27.4 Å². The van der Waals surface area contributed by atoms with E-state index in [0.29, 0.717) is 0 Å². The van der Waals surface area contributed by atoms with Crippen molar-refractivity contribution in [2.45, 2.75) is 69.8 Å². The Balaban J connectivity index is 0. The Labute approximate surface area is 141 Å². The molecule has 0 bridgehead atoms. The number of hydrogen-bond acceptors (Lipinski definition) is 3. The minimum Gasteiger partial charge on any atom is -0.377 e. The van der Waals surface area contributed by atoms with Gasteiger partial charge in [-0.05, 0) is 6.42 Å². The molecule has 0 atom stereocenters. The van der Waals surface area contributed by atoms with Crippen LogP contribution in [0.3, 0.4) is 0 Å². The minimum absolute atomic E-state index is 0.924. The molecular formula is C15H35O3SiSn. The Morgan fingerprint density at radius 2 is 1.25 bits per heavy atom. The molecule has 0 saturated carbocycles. The van der Waals surface area contributed by atoms with E-state index in [9.17, 15) is 0 Å². The molecule has 3 radical (unpaired) electrons. The fourth-order valence-electron chi connectivity index (χ4n) is 1.68. The summed E-state index contributed by atoms with van der Waals surface area (Å²) in [5.74, 6) is 0.924. The predicted octanol–water partition coefficient (Wildman–Crippen LogP) is 4.45. The van der Waals surface area contributed by atoms with E-state index >= 15 is 0 Å². The molecule has 0 aliphatic carbocycles. The number of hydrogen-bond donors (Lipinski definition) is 0. The Morgan fingerprint density at radius 3 is 1.60 bits per heavy atom. The second-order valence-corrected chi connectivity index (χ2v) is 9.67. The van der Waals surface area contributed by atoms with Gasteiger partial charge in [0.2, 0.25) is 0 Å². The van der Waals surface area contributed by atoms with Crippen LogP contribution >= 0.6 is 0 Å². The molecule has 0 aromatic heterocycles. The molecule has 0 spiro atoms. The Hall–Kier alpha value is 0.896. The first-order valence-corrected chi connectivity index (χ1v) is 11.8. The van der Waals surface area contributed by atoms with Gasteiger partial charge < -0.3 is 13.3 Å². The molecule has 0 heterocycles. The van der Waals surface area contributed by atoms with Crippen molar-refractivity contribution in [3.05, 3.63) is 0 Å². The van der Waals surface area contributed by atoms with E-state index in [-0.39, 0.29) is 0 Å². The normalized spacial score (nSPS) is 11.4. The van der Waals surface area contributed by atoms with E-state index in [1.165, 1.54) is 36.5 Å². The summed E-state index contributed by atoms with van der Waals surface area (Å²) in [6.45, 7) is 6.72. The van der Waals surface area contributed by atoms with Gasteiger partial charge in [0.05, 0.1) is 0 Å². The van der Waals surface area contributed by atoms with Crippen molar-refractivity contribution >= 4 is 31.3 Å². The molecule has 0 N–H and O–H groups in total. The molecule has 121 valence electrons. The van der Waals surface area contributed by atoms with Gasteiger partial charge in [0.15, 0.2) is 0 Å². The largest absolute Gasteiger partial charge is 0.500 e. The molecule has 20 heavy (non-hydrogen) atoms. The topological polar surface area (TPSA) is 27.7 Å². The fourth-order valence-corrected chi connectivity index (χ4v) is 3.47. The molecular weight excluding hydrogens is 375 g/mol. The van der Waals surface area contributed by atoms with Crippen LogP contribution in [0.5, 0.6) is 0 Å². The summed E-state index contributed by atoms with van der Waals surface area (Å²) in [6, 6.07) is 0.933. The third-order valence-electron chi connectivity index (χ3n) is 3.18. The average molecular weight is 410 g/mol. The molecule has 0 unspecified atom stereocenters. The average Bonchev–Trinajstić information content (AvgIpc) is 2.48. The molecule has 0 aliphatic heterocycles. The van der Waals surface area contributed by atoms with Crippen LogP contribution in [0.4, 0.5) is 0 Å². The maximum atomic E-state index is 5.36. The predicted molar refractivity (Wildman–Crippen MR) is 90.4 cm³/mol. The van der Waals surface area contributed by atoms with E-state index in [1.807, 2.05) is 0 Å². The van der Waals surface area contributed by atoms with Crippen LogP contribution in [0.2, 0.25) is 10.5 Å². The van der Waals surface area contributed by atoms with Gasteiger partial charge in [-0.1, -0.05) is 39.0 Å². The number of unbranched alkanes of at least 4 members (excludes halogenated alkanes) is 5. The second kappa shape index (κ2) is 16.3. The van der Waals surface area contributed by atoms with Crippen molar-refractivity contribution in [3.63, 3.8) is 0 Å². The van der Waals surface area contributed by atoms with Crippen LogP contribution in [-0.2, 0) is 13.3 Å². The van der Waals surface area contributed by atoms with Gasteiger partial charge in [-0.25, -0.2) is 0 Å². The minimum atomic E-state index is -2.29. The molecule has 0 aromatic rings. The molecule has 3 nitrogen and oxygen atoms in total. The van der Waals surface area contributed by atoms with Crippen LogP contribution in [0.15, 0.2) is 0 Å². The van der Waals surface area contributed by atoms with Gasteiger partial charge >= 0.3 is 55.5 Å². The van der Waals surface area contributed by atoms with Gasteiger partial charge in [-0.2, -0.15) is 0 Å². The van der Waals surface area contributed by atoms with E-state index in [0.717, 1.165) is 18.4 Å². The van der Waals surface area contributed by atoms with Gasteiger partial charge in [-0.3, -0.25) is 0 Å². The first-order valence-electron chi connectivity index (χ1n) is 7.81. The summed E-state index contributed by atoms with van der Waals surface area (Å²) in [5, 5.41) is 0. The van der Waals surface area contributed by atoms with Crippen LogP contribution in [0.25, 0.3) is 0 Å². The zero-order chi connectivity index (χ0) is 15.9. The number of rotatable bonds is 11.